The Bertz CT molecular complexity index is 573. The number of imidazole rings is 1. The predicted molar refractivity (Wildman–Crippen MR) is 66.6 cm³/mol. The van der Waals surface area contributed by atoms with Crippen LogP contribution in [0.5, 0.6) is 0 Å². The second-order valence-electron chi connectivity index (χ2n) is 4.09. The summed E-state index contributed by atoms with van der Waals surface area (Å²) in [4.78, 5) is 15.6. The highest BCUT2D eigenvalue weighted by Crippen LogP contribution is 2.39. The topological polar surface area (TPSA) is 54.6 Å². The molecule has 1 aliphatic rings. The number of carbonyl (C=O) groups is 1. The summed E-state index contributed by atoms with van der Waals surface area (Å²) in [6.45, 7) is 0. The van der Waals surface area contributed by atoms with E-state index in [1.54, 1.807) is 22.7 Å². The van der Waals surface area contributed by atoms with Crippen LogP contribution >= 0.6 is 11.8 Å². The first-order chi connectivity index (χ1) is 8.27. The van der Waals surface area contributed by atoms with Crippen molar-refractivity contribution in [3.05, 3.63) is 35.9 Å². The van der Waals surface area contributed by atoms with Crippen molar-refractivity contribution in [1.82, 2.24) is 9.38 Å². The van der Waals surface area contributed by atoms with Gasteiger partial charge in [-0.05, 0) is 30.7 Å². The number of aromatic carboxylic acids is 1. The number of carboxylic acids is 1. The lowest BCUT2D eigenvalue weighted by Gasteiger charge is -2.09. The number of thioether (sulfide) groups is 1. The van der Waals surface area contributed by atoms with Gasteiger partial charge in [0.2, 0.25) is 0 Å². The van der Waals surface area contributed by atoms with Crippen LogP contribution in [0.4, 0.5) is 0 Å². The van der Waals surface area contributed by atoms with Crippen LogP contribution in [0.3, 0.4) is 0 Å². The van der Waals surface area contributed by atoms with E-state index in [4.69, 9.17) is 0 Å². The minimum atomic E-state index is -0.905. The average molecular weight is 248 g/mol. The molecule has 2 aromatic rings. The fourth-order valence-electron chi connectivity index (χ4n) is 2.25. The lowest BCUT2D eigenvalue weighted by Crippen LogP contribution is -2.08. The van der Waals surface area contributed by atoms with Crippen LogP contribution in [0.25, 0.3) is 5.52 Å². The van der Waals surface area contributed by atoms with Crippen molar-refractivity contribution < 1.29 is 9.90 Å². The molecule has 3 heterocycles. The number of hydrogen-bond donors (Lipinski definition) is 1. The molecule has 0 aliphatic carbocycles. The average Bonchev–Trinajstić information content (AvgIpc) is 2.96. The maximum atomic E-state index is 11.2. The third kappa shape index (κ3) is 1.70. The molecule has 0 bridgehead atoms. The Morgan fingerprint density at radius 3 is 3.12 bits per heavy atom. The van der Waals surface area contributed by atoms with Crippen LogP contribution in [-0.2, 0) is 0 Å². The molecule has 0 saturated carbocycles. The number of carboxylic acid groups (broad SMARTS) is 1. The van der Waals surface area contributed by atoms with Gasteiger partial charge in [-0.3, -0.25) is 4.40 Å². The van der Waals surface area contributed by atoms with Gasteiger partial charge < -0.3 is 5.11 Å². The van der Waals surface area contributed by atoms with Crippen LogP contribution in [0.1, 0.15) is 34.4 Å². The first-order valence-corrected chi connectivity index (χ1v) is 6.63. The molecular weight excluding hydrogens is 236 g/mol. The number of rotatable bonds is 2. The van der Waals surface area contributed by atoms with Gasteiger partial charge in [0.25, 0.3) is 0 Å². The highest BCUT2D eigenvalue weighted by molar-refractivity contribution is 7.99. The summed E-state index contributed by atoms with van der Waals surface area (Å²) in [5.41, 5.74) is 1.15. The van der Waals surface area contributed by atoms with Crippen molar-refractivity contribution in [3.8, 4) is 0 Å². The van der Waals surface area contributed by atoms with E-state index < -0.39 is 5.97 Å². The maximum Gasteiger partial charge on any atom is 0.352 e. The van der Waals surface area contributed by atoms with Gasteiger partial charge in [-0.1, -0.05) is 6.07 Å². The molecule has 4 nitrogen and oxygen atoms in total. The smallest absolute Gasteiger partial charge is 0.352 e. The molecular formula is C12H12N2O2S. The van der Waals surface area contributed by atoms with E-state index in [2.05, 4.69) is 4.98 Å². The zero-order chi connectivity index (χ0) is 11.8. The van der Waals surface area contributed by atoms with Gasteiger partial charge in [-0.2, -0.15) is 11.8 Å². The molecule has 3 rings (SSSR count). The molecule has 0 aromatic carbocycles. The zero-order valence-electron chi connectivity index (χ0n) is 9.17. The molecule has 1 saturated heterocycles. The summed E-state index contributed by atoms with van der Waals surface area (Å²) in [7, 11) is 0. The van der Waals surface area contributed by atoms with Crippen molar-refractivity contribution in [2.75, 3.05) is 5.75 Å². The predicted octanol–water partition coefficient (Wildman–Crippen LogP) is 2.60. The molecule has 88 valence electrons. The Morgan fingerprint density at radius 2 is 2.41 bits per heavy atom. The van der Waals surface area contributed by atoms with Crippen LogP contribution in [0, 0.1) is 0 Å². The summed E-state index contributed by atoms with van der Waals surface area (Å²) in [5, 5.41) is 9.54. The monoisotopic (exact) mass is 248 g/mol. The fourth-order valence-corrected chi connectivity index (χ4v) is 3.51. The quantitative estimate of drug-likeness (QED) is 0.887. The van der Waals surface area contributed by atoms with Crippen molar-refractivity contribution in [3.63, 3.8) is 0 Å². The van der Waals surface area contributed by atoms with Crippen molar-refractivity contribution in [2.24, 2.45) is 0 Å². The summed E-state index contributed by atoms with van der Waals surface area (Å²) in [5.74, 6) is 1.10. The Morgan fingerprint density at radius 1 is 1.53 bits per heavy atom. The lowest BCUT2D eigenvalue weighted by molar-refractivity contribution is 0.0688. The van der Waals surface area contributed by atoms with E-state index in [-0.39, 0.29) is 0 Å². The van der Waals surface area contributed by atoms with Crippen molar-refractivity contribution >= 4 is 23.2 Å². The third-order valence-corrected chi connectivity index (χ3v) is 4.39. The first kappa shape index (κ1) is 10.7. The van der Waals surface area contributed by atoms with Gasteiger partial charge >= 0.3 is 5.97 Å². The number of pyridine rings is 1. The second-order valence-corrected chi connectivity index (χ2v) is 5.41. The van der Waals surface area contributed by atoms with Crippen LogP contribution < -0.4 is 0 Å². The fraction of sp³-hybridized carbons (Fsp3) is 0.333. The number of fused-ring (bicyclic) bond motifs is 1. The third-order valence-electron chi connectivity index (χ3n) is 3.02. The normalized spacial score (nSPS) is 19.9. The maximum absolute atomic E-state index is 11.2. The molecule has 0 amide bonds. The molecule has 17 heavy (non-hydrogen) atoms. The molecule has 0 spiro atoms. The van der Waals surface area contributed by atoms with E-state index in [1.165, 1.54) is 6.42 Å². The number of aromatic nitrogens is 2. The van der Waals surface area contributed by atoms with Crippen LogP contribution in [0.2, 0.25) is 0 Å². The zero-order valence-corrected chi connectivity index (χ0v) is 9.98. The molecule has 0 radical (unpaired) electrons. The molecule has 1 N–H and O–H groups in total. The highest BCUT2D eigenvalue weighted by atomic mass is 32.2. The highest BCUT2D eigenvalue weighted by Gasteiger charge is 2.23. The van der Waals surface area contributed by atoms with E-state index >= 15 is 0 Å². The minimum Gasteiger partial charge on any atom is -0.477 e. The van der Waals surface area contributed by atoms with Gasteiger partial charge in [0.15, 0.2) is 0 Å². The molecule has 1 aliphatic heterocycles. The molecule has 2 aromatic heterocycles. The Labute approximate surface area is 103 Å². The SMILES string of the molecule is O=C(O)c1cccc2cnc(C3CCCS3)n12. The second kappa shape index (κ2) is 4.07. The number of hydrogen-bond acceptors (Lipinski definition) is 3. The van der Waals surface area contributed by atoms with E-state index in [1.807, 2.05) is 17.8 Å². The lowest BCUT2D eigenvalue weighted by atomic mass is 10.2. The number of nitrogens with zero attached hydrogens (tertiary/aromatic N) is 2. The van der Waals surface area contributed by atoms with E-state index in [9.17, 15) is 9.90 Å². The van der Waals surface area contributed by atoms with Crippen molar-refractivity contribution in [2.45, 2.75) is 18.1 Å². The van der Waals surface area contributed by atoms with Gasteiger partial charge in [0, 0.05) is 0 Å². The van der Waals surface area contributed by atoms with Gasteiger partial charge in [-0.25, -0.2) is 9.78 Å². The first-order valence-electron chi connectivity index (χ1n) is 5.58. The Balaban J connectivity index is 2.21. The summed E-state index contributed by atoms with van der Waals surface area (Å²) < 4.78 is 1.77. The largest absolute Gasteiger partial charge is 0.477 e. The van der Waals surface area contributed by atoms with Gasteiger partial charge in [-0.15, -0.1) is 0 Å². The van der Waals surface area contributed by atoms with Gasteiger partial charge in [0.1, 0.15) is 11.5 Å². The van der Waals surface area contributed by atoms with Gasteiger partial charge in [0.05, 0.1) is 17.0 Å². The summed E-state index contributed by atoms with van der Waals surface area (Å²) in [6.07, 6.45) is 4.01. The Kier molecular flexibility index (Phi) is 2.55. The summed E-state index contributed by atoms with van der Waals surface area (Å²) in [6, 6.07) is 5.27. The molecule has 5 heteroatoms. The van der Waals surface area contributed by atoms with Crippen molar-refractivity contribution in [1.29, 1.82) is 0 Å². The summed E-state index contributed by atoms with van der Waals surface area (Å²) >= 11 is 1.86. The van der Waals surface area contributed by atoms with Crippen LogP contribution in [0.15, 0.2) is 24.4 Å². The molecule has 1 atom stereocenters. The molecule has 1 fully saturated rings. The van der Waals surface area contributed by atoms with E-state index in [0.29, 0.717) is 10.9 Å². The van der Waals surface area contributed by atoms with Crippen LogP contribution in [-0.4, -0.2) is 26.2 Å². The Hall–Kier alpha value is -1.49. The minimum absolute atomic E-state index is 0.294. The van der Waals surface area contributed by atoms with E-state index in [0.717, 1.165) is 23.5 Å². The standard InChI is InChI=1S/C12H12N2O2S/c15-12(16)9-4-1-3-8-7-13-11(14(8)9)10-5-2-6-17-10/h1,3-4,7,10H,2,5-6H2,(H,15,16). The molecule has 1 unspecified atom stereocenters.